The first-order chi connectivity index (χ1) is 16.8. The van der Waals surface area contributed by atoms with E-state index in [-0.39, 0.29) is 18.8 Å². The van der Waals surface area contributed by atoms with Gasteiger partial charge in [0, 0.05) is 24.7 Å². The van der Waals surface area contributed by atoms with E-state index in [0.717, 1.165) is 0 Å². The molecule has 1 aromatic heterocycles. The molecule has 0 saturated heterocycles. The van der Waals surface area contributed by atoms with Crippen molar-refractivity contribution in [2.45, 2.75) is 70.1 Å². The molecule has 0 aliphatic rings. The van der Waals surface area contributed by atoms with Gasteiger partial charge in [0.25, 0.3) is 0 Å². The van der Waals surface area contributed by atoms with E-state index in [2.05, 4.69) is 25.9 Å². The van der Waals surface area contributed by atoms with Crippen molar-refractivity contribution in [2.75, 3.05) is 0 Å². The van der Waals surface area contributed by atoms with Gasteiger partial charge in [0.1, 0.15) is 18.1 Å². The number of hydrogen-bond acceptors (Lipinski definition) is 8. The number of H-pyrrole nitrogens is 1. The van der Waals surface area contributed by atoms with Crippen molar-refractivity contribution in [3.63, 3.8) is 0 Å². The highest BCUT2D eigenvalue weighted by Crippen LogP contribution is 2.07. The third-order valence-corrected chi connectivity index (χ3v) is 4.97. The van der Waals surface area contributed by atoms with Crippen LogP contribution in [0.4, 0.5) is 0 Å². The lowest BCUT2D eigenvalue weighted by Crippen LogP contribution is -2.58. The lowest BCUT2D eigenvalue weighted by molar-refractivity contribution is -0.143. The Labute approximate surface area is 206 Å². The van der Waals surface area contributed by atoms with Crippen molar-refractivity contribution in [3.8, 4) is 0 Å². The topological polar surface area (TPSA) is 260 Å². The van der Waals surface area contributed by atoms with E-state index in [4.69, 9.17) is 16.6 Å². The first-order valence-electron chi connectivity index (χ1n) is 11.2. The molecule has 10 N–H and O–H groups in total. The summed E-state index contributed by atoms with van der Waals surface area (Å²) in [4.78, 5) is 78.6. The molecule has 4 unspecified atom stereocenters. The summed E-state index contributed by atoms with van der Waals surface area (Å²) in [6, 6.07) is -5.31. The molecule has 1 rings (SSSR count). The molecule has 0 spiro atoms. The number of carbonyl (C=O) groups excluding carboxylic acids is 4. The second kappa shape index (κ2) is 14.4. The van der Waals surface area contributed by atoms with Crippen LogP contribution in [0.25, 0.3) is 0 Å². The Hall–Kier alpha value is -4.01. The molecule has 4 amide bonds. The predicted molar refractivity (Wildman–Crippen MR) is 124 cm³/mol. The van der Waals surface area contributed by atoms with Gasteiger partial charge in [-0.3, -0.25) is 24.0 Å². The maximum Gasteiger partial charge on any atom is 0.326 e. The number of nitrogens with one attached hydrogen (secondary N) is 4. The Bertz CT molecular complexity index is 935. The normalized spacial score (nSPS) is 14.2. The summed E-state index contributed by atoms with van der Waals surface area (Å²) in [7, 11) is 0. The fourth-order valence-corrected chi connectivity index (χ4v) is 3.20. The summed E-state index contributed by atoms with van der Waals surface area (Å²) in [5, 5.41) is 25.3. The zero-order chi connectivity index (χ0) is 27.4. The first-order valence-corrected chi connectivity index (χ1v) is 11.2. The molecular weight excluding hydrogens is 478 g/mol. The van der Waals surface area contributed by atoms with Crippen molar-refractivity contribution < 1.29 is 39.0 Å². The molecule has 15 nitrogen and oxygen atoms in total. The summed E-state index contributed by atoms with van der Waals surface area (Å²) in [5.74, 6) is -6.12. The lowest BCUT2D eigenvalue weighted by atomic mass is 10.0. The minimum atomic E-state index is -1.65. The second-order valence-corrected chi connectivity index (χ2v) is 8.64. The number of aromatic nitrogens is 2. The van der Waals surface area contributed by atoms with Crippen molar-refractivity contribution in [1.29, 1.82) is 0 Å². The van der Waals surface area contributed by atoms with Gasteiger partial charge in [0.15, 0.2) is 0 Å². The highest BCUT2D eigenvalue weighted by molar-refractivity contribution is 5.95. The van der Waals surface area contributed by atoms with Gasteiger partial charge in [-0.15, -0.1) is 0 Å². The first kappa shape index (κ1) is 30.0. The predicted octanol–water partition coefficient (Wildman–Crippen LogP) is -2.40. The van der Waals surface area contributed by atoms with Gasteiger partial charge in [-0.2, -0.15) is 0 Å². The number of imidazole rings is 1. The average Bonchev–Trinajstić information content (AvgIpc) is 3.27. The Kier molecular flexibility index (Phi) is 12.0. The minimum Gasteiger partial charge on any atom is -0.481 e. The number of carboxylic acid groups (broad SMARTS) is 2. The Morgan fingerprint density at radius 2 is 1.56 bits per heavy atom. The van der Waals surface area contributed by atoms with Crippen LogP contribution in [-0.2, 0) is 35.2 Å². The zero-order valence-corrected chi connectivity index (χ0v) is 20.0. The van der Waals surface area contributed by atoms with Crippen LogP contribution in [0.1, 0.15) is 45.2 Å². The van der Waals surface area contributed by atoms with E-state index in [1.165, 1.54) is 12.5 Å². The van der Waals surface area contributed by atoms with Gasteiger partial charge in [-0.1, -0.05) is 13.8 Å². The molecule has 0 aromatic carbocycles. The zero-order valence-electron chi connectivity index (χ0n) is 20.0. The van der Waals surface area contributed by atoms with Gasteiger partial charge < -0.3 is 42.6 Å². The number of nitrogens with zero attached hydrogens (tertiary/aromatic N) is 1. The van der Waals surface area contributed by atoms with Crippen molar-refractivity contribution in [1.82, 2.24) is 25.9 Å². The Balaban J connectivity index is 3.09. The lowest BCUT2D eigenvalue weighted by Gasteiger charge is -2.25. The number of carbonyl (C=O) groups is 6. The van der Waals surface area contributed by atoms with E-state index in [0.29, 0.717) is 12.1 Å². The number of aromatic amines is 1. The fraction of sp³-hybridized carbons (Fsp3) is 0.571. The van der Waals surface area contributed by atoms with Gasteiger partial charge in [-0.25, -0.2) is 9.78 Å². The average molecular weight is 512 g/mol. The van der Waals surface area contributed by atoms with E-state index in [1.54, 1.807) is 0 Å². The van der Waals surface area contributed by atoms with Crippen LogP contribution in [0, 0.1) is 5.92 Å². The van der Waals surface area contributed by atoms with Crippen molar-refractivity contribution in [2.24, 2.45) is 17.4 Å². The molecule has 0 radical (unpaired) electrons. The van der Waals surface area contributed by atoms with Crippen LogP contribution in [0.15, 0.2) is 12.5 Å². The summed E-state index contributed by atoms with van der Waals surface area (Å²) in [6.07, 6.45) is 1.42. The Morgan fingerprint density at radius 1 is 0.972 bits per heavy atom. The third kappa shape index (κ3) is 10.9. The van der Waals surface area contributed by atoms with Gasteiger partial charge in [0.2, 0.25) is 23.6 Å². The van der Waals surface area contributed by atoms with Crippen LogP contribution in [0.3, 0.4) is 0 Å². The molecule has 1 aromatic rings. The molecule has 36 heavy (non-hydrogen) atoms. The molecule has 0 fully saturated rings. The van der Waals surface area contributed by atoms with Crippen LogP contribution >= 0.6 is 0 Å². The molecule has 200 valence electrons. The highest BCUT2D eigenvalue weighted by atomic mass is 16.4. The van der Waals surface area contributed by atoms with Gasteiger partial charge >= 0.3 is 11.9 Å². The number of amides is 4. The van der Waals surface area contributed by atoms with E-state index in [1.807, 2.05) is 13.8 Å². The summed E-state index contributed by atoms with van der Waals surface area (Å²) in [6.45, 7) is 3.70. The van der Waals surface area contributed by atoms with E-state index >= 15 is 0 Å². The van der Waals surface area contributed by atoms with Crippen LogP contribution < -0.4 is 27.4 Å². The molecule has 0 aliphatic carbocycles. The Morgan fingerprint density at radius 3 is 2.06 bits per heavy atom. The SMILES string of the molecule is CC(C)CC(N)C(=O)NC(CCC(=O)O)C(=O)NC(Cc1cnc[nH]1)C(=O)NC(CC(N)=O)C(=O)O. The van der Waals surface area contributed by atoms with Gasteiger partial charge in [-0.05, 0) is 18.8 Å². The molecule has 0 bridgehead atoms. The maximum atomic E-state index is 13.0. The second-order valence-electron chi connectivity index (χ2n) is 8.64. The molecule has 15 heteroatoms. The summed E-state index contributed by atoms with van der Waals surface area (Å²) in [5.41, 5.74) is 11.3. The van der Waals surface area contributed by atoms with Crippen molar-refractivity contribution in [3.05, 3.63) is 18.2 Å². The van der Waals surface area contributed by atoms with Crippen LogP contribution in [0.5, 0.6) is 0 Å². The molecule has 0 saturated carbocycles. The number of nitrogens with two attached hydrogens (primary N) is 2. The number of carboxylic acids is 2. The standard InChI is InChI=1S/C21H33N7O8/c1-10(2)5-12(22)18(32)26-13(3-4-17(30)31)19(33)27-14(6-11-8-24-9-25-11)20(34)28-15(21(35)36)7-16(23)29/h8-10,12-15H,3-7,22H2,1-2H3,(H2,23,29)(H,24,25)(H,26,32)(H,27,33)(H,28,34)(H,30,31)(H,35,36). The summed E-state index contributed by atoms with van der Waals surface area (Å²) < 4.78 is 0. The monoisotopic (exact) mass is 511 g/mol. The van der Waals surface area contributed by atoms with Gasteiger partial charge in [0.05, 0.1) is 18.8 Å². The number of hydrogen-bond donors (Lipinski definition) is 8. The molecule has 4 atom stereocenters. The molecule has 1 heterocycles. The minimum absolute atomic E-state index is 0.0853. The smallest absolute Gasteiger partial charge is 0.326 e. The fourth-order valence-electron chi connectivity index (χ4n) is 3.20. The number of primary amides is 1. The molecule has 0 aliphatic heterocycles. The largest absolute Gasteiger partial charge is 0.481 e. The van der Waals surface area contributed by atoms with Crippen molar-refractivity contribution >= 4 is 35.6 Å². The van der Waals surface area contributed by atoms with Crippen LogP contribution in [-0.4, -0.2) is 79.9 Å². The third-order valence-electron chi connectivity index (χ3n) is 4.97. The quantitative estimate of drug-likeness (QED) is 0.117. The maximum absolute atomic E-state index is 13.0. The summed E-state index contributed by atoms with van der Waals surface area (Å²) >= 11 is 0. The van der Waals surface area contributed by atoms with E-state index in [9.17, 15) is 33.9 Å². The molecular formula is C21H33N7O8. The number of rotatable bonds is 16. The van der Waals surface area contributed by atoms with Crippen LogP contribution in [0.2, 0.25) is 0 Å². The highest BCUT2D eigenvalue weighted by Gasteiger charge is 2.31. The van der Waals surface area contributed by atoms with E-state index < -0.39 is 72.6 Å². The number of aliphatic carboxylic acids is 2.